The number of hydrogen-bond donors (Lipinski definition) is 1. The highest BCUT2D eigenvalue weighted by Crippen LogP contribution is 2.24. The quantitative estimate of drug-likeness (QED) is 0.491. The second-order valence-corrected chi connectivity index (χ2v) is 8.06. The van der Waals surface area contributed by atoms with Crippen LogP contribution in [0.4, 0.5) is 11.4 Å². The molecule has 2 aromatic carbocycles. The number of non-ortho nitro benzene ring substituents is 1. The highest BCUT2D eigenvalue weighted by Gasteiger charge is 2.24. The van der Waals surface area contributed by atoms with Crippen LogP contribution in [0, 0.1) is 17.0 Å². The van der Waals surface area contributed by atoms with Gasteiger partial charge in [0, 0.05) is 30.9 Å². The third kappa shape index (κ3) is 5.52. The van der Waals surface area contributed by atoms with Gasteiger partial charge >= 0.3 is 0 Å². The van der Waals surface area contributed by atoms with E-state index >= 15 is 0 Å². The normalized spacial score (nSPS) is 11.3. The van der Waals surface area contributed by atoms with Crippen molar-refractivity contribution in [1.29, 1.82) is 0 Å². The zero-order valence-corrected chi connectivity index (χ0v) is 17.2. The van der Waals surface area contributed by atoms with Crippen LogP contribution in [-0.2, 0) is 14.8 Å². The van der Waals surface area contributed by atoms with Gasteiger partial charge in [-0.05, 0) is 36.8 Å². The summed E-state index contributed by atoms with van der Waals surface area (Å²) in [6.07, 6.45) is 0. The number of amides is 1. The summed E-state index contributed by atoms with van der Waals surface area (Å²) in [6, 6.07) is 10.0. The summed E-state index contributed by atoms with van der Waals surface area (Å²) < 4.78 is 32.2. The smallest absolute Gasteiger partial charge is 0.269 e. The molecule has 10 heteroatoms. The van der Waals surface area contributed by atoms with E-state index in [1.807, 2.05) is 0 Å². The number of anilines is 1. The Balaban J connectivity index is 2.08. The first-order valence-corrected chi connectivity index (χ1v) is 10.4. The SMILES string of the molecule is CCN(CC)S(=O)(=O)c1cc(NC(=O)COc2ccc([N+](=O)[O-])cc2)ccc1C. The number of hydrogen-bond acceptors (Lipinski definition) is 6. The Labute approximate surface area is 169 Å². The fraction of sp³-hybridized carbons (Fsp3) is 0.316. The lowest BCUT2D eigenvalue weighted by Gasteiger charge is -2.20. The zero-order chi connectivity index (χ0) is 21.6. The highest BCUT2D eigenvalue weighted by atomic mass is 32.2. The molecule has 0 spiro atoms. The van der Waals surface area contributed by atoms with Gasteiger partial charge in [0.05, 0.1) is 9.82 Å². The summed E-state index contributed by atoms with van der Waals surface area (Å²) in [5, 5.41) is 13.2. The lowest BCUT2D eigenvalue weighted by molar-refractivity contribution is -0.384. The molecule has 0 aromatic heterocycles. The number of nitrogens with zero attached hydrogens (tertiary/aromatic N) is 2. The van der Waals surface area contributed by atoms with Crippen LogP contribution in [0.15, 0.2) is 47.4 Å². The molecule has 0 saturated heterocycles. The van der Waals surface area contributed by atoms with Gasteiger partial charge in [0.15, 0.2) is 6.61 Å². The molecule has 0 atom stereocenters. The minimum absolute atomic E-state index is 0.0802. The van der Waals surface area contributed by atoms with Crippen LogP contribution in [0.2, 0.25) is 0 Å². The van der Waals surface area contributed by atoms with E-state index in [-0.39, 0.29) is 17.2 Å². The second kappa shape index (κ2) is 9.48. The van der Waals surface area contributed by atoms with Crippen LogP contribution >= 0.6 is 0 Å². The third-order valence-electron chi connectivity index (χ3n) is 4.21. The van der Waals surface area contributed by atoms with Crippen LogP contribution in [0.5, 0.6) is 5.75 Å². The Morgan fingerprint density at radius 1 is 1.14 bits per heavy atom. The number of carbonyl (C=O) groups excluding carboxylic acids is 1. The number of nitro benzene ring substituents is 1. The second-order valence-electron chi connectivity index (χ2n) is 6.16. The van der Waals surface area contributed by atoms with Gasteiger partial charge < -0.3 is 10.1 Å². The molecule has 2 rings (SSSR count). The van der Waals surface area contributed by atoms with Crippen molar-refractivity contribution in [3.8, 4) is 5.75 Å². The van der Waals surface area contributed by atoms with Crippen LogP contribution in [0.3, 0.4) is 0 Å². The Kier molecular flexibility index (Phi) is 7.29. The highest BCUT2D eigenvalue weighted by molar-refractivity contribution is 7.89. The van der Waals surface area contributed by atoms with Crippen LogP contribution in [0.1, 0.15) is 19.4 Å². The fourth-order valence-electron chi connectivity index (χ4n) is 2.67. The third-order valence-corrected chi connectivity index (χ3v) is 6.40. The van der Waals surface area contributed by atoms with Crippen molar-refractivity contribution in [2.45, 2.75) is 25.7 Å². The van der Waals surface area contributed by atoms with Gasteiger partial charge in [-0.2, -0.15) is 4.31 Å². The summed E-state index contributed by atoms with van der Waals surface area (Å²) in [5.74, 6) is -0.183. The first-order chi connectivity index (χ1) is 13.7. The van der Waals surface area contributed by atoms with Gasteiger partial charge in [0.1, 0.15) is 5.75 Å². The fourth-order valence-corrected chi connectivity index (χ4v) is 4.38. The number of ether oxygens (including phenoxy) is 1. The first-order valence-electron chi connectivity index (χ1n) is 8.97. The molecule has 0 unspecified atom stereocenters. The van der Waals surface area contributed by atoms with Gasteiger partial charge in [-0.1, -0.05) is 19.9 Å². The number of aryl methyl sites for hydroxylation is 1. The lowest BCUT2D eigenvalue weighted by atomic mass is 10.2. The van der Waals surface area contributed by atoms with Crippen molar-refractivity contribution >= 4 is 27.3 Å². The summed E-state index contributed by atoms with van der Waals surface area (Å²) in [6.45, 7) is 5.58. The van der Waals surface area contributed by atoms with Crippen molar-refractivity contribution in [3.63, 3.8) is 0 Å². The molecule has 2 aromatic rings. The van der Waals surface area contributed by atoms with E-state index in [1.54, 1.807) is 32.9 Å². The molecule has 1 N–H and O–H groups in total. The Morgan fingerprint density at radius 2 is 1.76 bits per heavy atom. The Bertz CT molecular complexity index is 986. The molecule has 0 aliphatic heterocycles. The van der Waals surface area contributed by atoms with Gasteiger partial charge in [-0.15, -0.1) is 0 Å². The van der Waals surface area contributed by atoms with Crippen LogP contribution < -0.4 is 10.1 Å². The topological polar surface area (TPSA) is 119 Å². The van der Waals surface area contributed by atoms with E-state index in [0.29, 0.717) is 30.1 Å². The summed E-state index contributed by atoms with van der Waals surface area (Å²) in [4.78, 5) is 22.4. The predicted octanol–water partition coefficient (Wildman–Crippen LogP) is 2.95. The maximum atomic E-state index is 12.8. The minimum Gasteiger partial charge on any atom is -0.484 e. The van der Waals surface area contributed by atoms with Crippen molar-refractivity contribution in [1.82, 2.24) is 4.31 Å². The minimum atomic E-state index is -3.66. The number of nitrogens with one attached hydrogen (secondary N) is 1. The average molecular weight is 421 g/mol. The first kappa shape index (κ1) is 22.3. The largest absolute Gasteiger partial charge is 0.484 e. The number of sulfonamides is 1. The van der Waals surface area contributed by atoms with E-state index in [2.05, 4.69) is 5.32 Å². The summed E-state index contributed by atoms with van der Waals surface area (Å²) in [5.41, 5.74) is 0.832. The molecule has 0 fully saturated rings. The van der Waals surface area contributed by atoms with Gasteiger partial charge in [0.25, 0.3) is 11.6 Å². The Hall–Kier alpha value is -2.98. The molecular weight excluding hydrogens is 398 g/mol. The number of rotatable bonds is 9. The maximum absolute atomic E-state index is 12.8. The monoisotopic (exact) mass is 421 g/mol. The van der Waals surface area contributed by atoms with Gasteiger partial charge in [0.2, 0.25) is 10.0 Å². The van der Waals surface area contributed by atoms with Crippen molar-refractivity contribution in [3.05, 3.63) is 58.1 Å². The van der Waals surface area contributed by atoms with E-state index in [9.17, 15) is 23.3 Å². The Morgan fingerprint density at radius 3 is 2.31 bits per heavy atom. The summed E-state index contributed by atoms with van der Waals surface area (Å²) in [7, 11) is -3.66. The van der Waals surface area contributed by atoms with E-state index < -0.39 is 20.9 Å². The summed E-state index contributed by atoms with van der Waals surface area (Å²) >= 11 is 0. The molecule has 0 radical (unpaired) electrons. The van der Waals surface area contributed by atoms with E-state index in [1.165, 1.54) is 34.6 Å². The molecule has 9 nitrogen and oxygen atoms in total. The van der Waals surface area contributed by atoms with Crippen molar-refractivity contribution in [2.24, 2.45) is 0 Å². The molecule has 0 heterocycles. The van der Waals surface area contributed by atoms with Gasteiger partial charge in [-0.25, -0.2) is 8.42 Å². The zero-order valence-electron chi connectivity index (χ0n) is 16.4. The molecule has 156 valence electrons. The van der Waals surface area contributed by atoms with Crippen molar-refractivity contribution < 1.29 is 22.9 Å². The van der Waals surface area contributed by atoms with Crippen LogP contribution in [0.25, 0.3) is 0 Å². The van der Waals surface area contributed by atoms with Crippen molar-refractivity contribution in [2.75, 3.05) is 25.0 Å². The maximum Gasteiger partial charge on any atom is 0.269 e. The average Bonchev–Trinajstić information content (AvgIpc) is 2.68. The standard InChI is InChI=1S/C19H23N3O6S/c1-4-21(5-2)29(26,27)18-12-15(7-6-14(18)3)20-19(23)13-28-17-10-8-16(9-11-17)22(24)25/h6-12H,4-5,13H2,1-3H3,(H,20,23). The molecule has 0 aliphatic carbocycles. The van der Waals surface area contributed by atoms with E-state index in [0.717, 1.165) is 0 Å². The van der Waals surface area contributed by atoms with E-state index in [4.69, 9.17) is 4.74 Å². The predicted molar refractivity (Wildman–Crippen MR) is 109 cm³/mol. The molecule has 0 aliphatic rings. The van der Waals surface area contributed by atoms with Crippen LogP contribution in [-0.4, -0.2) is 43.2 Å². The van der Waals surface area contributed by atoms with Gasteiger partial charge in [-0.3, -0.25) is 14.9 Å². The number of nitro groups is 1. The molecule has 1 amide bonds. The number of benzene rings is 2. The molecule has 0 bridgehead atoms. The lowest BCUT2D eigenvalue weighted by Crippen LogP contribution is -2.31. The molecule has 0 saturated carbocycles. The molecular formula is C19H23N3O6S. The molecule has 29 heavy (non-hydrogen) atoms. The number of carbonyl (C=O) groups is 1.